The summed E-state index contributed by atoms with van der Waals surface area (Å²) in [5.74, 6) is 0.848. The second-order valence-corrected chi connectivity index (χ2v) is 5.88. The van der Waals surface area contributed by atoms with Gasteiger partial charge in [-0.25, -0.2) is 0 Å². The fraction of sp³-hybridized carbons (Fsp3) is 0.533. The average Bonchev–Trinajstić information content (AvgIpc) is 2.79. The first-order valence-electron chi connectivity index (χ1n) is 6.97. The van der Waals surface area contributed by atoms with E-state index in [1.54, 1.807) is 0 Å². The van der Waals surface area contributed by atoms with Crippen molar-refractivity contribution in [3.63, 3.8) is 0 Å². The molecule has 0 saturated carbocycles. The number of nitrogens with zero attached hydrogens (tertiary/aromatic N) is 3. The first kappa shape index (κ1) is 14.8. The molecule has 0 aliphatic carbocycles. The van der Waals surface area contributed by atoms with Gasteiger partial charge in [-0.15, -0.1) is 0 Å². The highest BCUT2D eigenvalue weighted by molar-refractivity contribution is 5.96. The summed E-state index contributed by atoms with van der Waals surface area (Å²) in [7, 11) is 4.30. The fourth-order valence-corrected chi connectivity index (χ4v) is 2.95. The number of likely N-dealkylation sites (N-methyl/N-ethyl adjacent to an activating group) is 1. The Morgan fingerprint density at radius 2 is 2.00 bits per heavy atom. The summed E-state index contributed by atoms with van der Waals surface area (Å²) in [4.78, 5) is 4.79. The van der Waals surface area contributed by atoms with Gasteiger partial charge < -0.3 is 15.8 Å². The molecule has 20 heavy (non-hydrogen) atoms. The van der Waals surface area contributed by atoms with E-state index in [4.69, 9.17) is 10.9 Å². The molecule has 2 unspecified atom stereocenters. The molecule has 0 bridgehead atoms. The lowest BCUT2D eigenvalue weighted by Crippen LogP contribution is -2.34. The van der Waals surface area contributed by atoms with Gasteiger partial charge in [0.25, 0.3) is 0 Å². The molecule has 3 N–H and O–H groups in total. The van der Waals surface area contributed by atoms with Gasteiger partial charge in [0, 0.05) is 31.2 Å². The lowest BCUT2D eigenvalue weighted by Gasteiger charge is -2.22. The SMILES string of the molecule is CC1CN(Cc2ccc(/C(N)=N/O)cc2)CC1N(C)C. The smallest absolute Gasteiger partial charge is 0.170 e. The van der Waals surface area contributed by atoms with Crippen LogP contribution in [-0.2, 0) is 6.54 Å². The Morgan fingerprint density at radius 1 is 1.35 bits per heavy atom. The molecule has 1 aromatic carbocycles. The number of likely N-dealkylation sites (tertiary alicyclic amines) is 1. The average molecular weight is 276 g/mol. The van der Waals surface area contributed by atoms with E-state index in [1.165, 1.54) is 5.56 Å². The predicted octanol–water partition coefficient (Wildman–Crippen LogP) is 1.16. The lowest BCUT2D eigenvalue weighted by atomic mass is 10.1. The Kier molecular flexibility index (Phi) is 4.62. The van der Waals surface area contributed by atoms with Crippen LogP contribution in [0.3, 0.4) is 0 Å². The van der Waals surface area contributed by atoms with Gasteiger partial charge in [0.15, 0.2) is 5.84 Å². The molecule has 2 atom stereocenters. The van der Waals surface area contributed by atoms with Crippen molar-refractivity contribution in [1.29, 1.82) is 0 Å². The molecule has 0 amide bonds. The van der Waals surface area contributed by atoms with Crippen molar-refractivity contribution >= 4 is 5.84 Å². The van der Waals surface area contributed by atoms with E-state index in [-0.39, 0.29) is 5.84 Å². The summed E-state index contributed by atoms with van der Waals surface area (Å²) in [5.41, 5.74) is 7.56. The van der Waals surface area contributed by atoms with Crippen LogP contribution in [0, 0.1) is 5.92 Å². The van der Waals surface area contributed by atoms with E-state index in [2.05, 4.69) is 36.0 Å². The minimum Gasteiger partial charge on any atom is -0.409 e. The van der Waals surface area contributed by atoms with E-state index >= 15 is 0 Å². The lowest BCUT2D eigenvalue weighted by molar-refractivity contribution is 0.250. The zero-order valence-corrected chi connectivity index (χ0v) is 12.5. The van der Waals surface area contributed by atoms with Crippen LogP contribution in [0.4, 0.5) is 0 Å². The number of oxime groups is 1. The Morgan fingerprint density at radius 3 is 2.50 bits per heavy atom. The van der Waals surface area contributed by atoms with Gasteiger partial charge in [0.2, 0.25) is 0 Å². The molecule has 0 radical (unpaired) electrons. The molecule has 1 aliphatic heterocycles. The molecule has 0 spiro atoms. The van der Waals surface area contributed by atoms with Crippen molar-refractivity contribution in [3.8, 4) is 0 Å². The molecule has 1 heterocycles. The van der Waals surface area contributed by atoms with Crippen molar-refractivity contribution in [2.45, 2.75) is 19.5 Å². The number of hydrogen-bond donors (Lipinski definition) is 2. The third-order valence-electron chi connectivity index (χ3n) is 4.08. The molecule has 1 aromatic rings. The number of rotatable bonds is 4. The maximum absolute atomic E-state index is 8.65. The van der Waals surface area contributed by atoms with Crippen molar-refractivity contribution in [2.24, 2.45) is 16.8 Å². The summed E-state index contributed by atoms with van der Waals surface area (Å²) in [5, 5.41) is 11.7. The minimum absolute atomic E-state index is 0.152. The molecule has 110 valence electrons. The third-order valence-corrected chi connectivity index (χ3v) is 4.08. The van der Waals surface area contributed by atoms with Gasteiger partial charge >= 0.3 is 0 Å². The van der Waals surface area contributed by atoms with Gasteiger partial charge in [0.05, 0.1) is 0 Å². The number of benzene rings is 1. The highest BCUT2D eigenvalue weighted by Gasteiger charge is 2.30. The zero-order valence-electron chi connectivity index (χ0n) is 12.5. The van der Waals surface area contributed by atoms with Crippen LogP contribution in [0.25, 0.3) is 0 Å². The Hall–Kier alpha value is -1.59. The van der Waals surface area contributed by atoms with Crippen LogP contribution in [0.1, 0.15) is 18.1 Å². The van der Waals surface area contributed by atoms with Gasteiger partial charge in [-0.1, -0.05) is 36.3 Å². The summed E-state index contributed by atoms with van der Waals surface area (Å²) in [6.07, 6.45) is 0. The van der Waals surface area contributed by atoms with Crippen molar-refractivity contribution in [2.75, 3.05) is 27.2 Å². The minimum atomic E-state index is 0.152. The number of amidine groups is 1. The summed E-state index contributed by atoms with van der Waals surface area (Å²) < 4.78 is 0. The van der Waals surface area contributed by atoms with E-state index in [0.29, 0.717) is 12.0 Å². The fourth-order valence-electron chi connectivity index (χ4n) is 2.95. The summed E-state index contributed by atoms with van der Waals surface area (Å²) in [6, 6.07) is 8.51. The standard InChI is InChI=1S/C15H24N4O/c1-11-8-19(10-14(11)18(2)3)9-12-4-6-13(7-5-12)15(16)17-20/h4-7,11,14,20H,8-10H2,1-3H3,(H2,16,17). The molecule has 1 saturated heterocycles. The Balaban J connectivity index is 1.98. The van der Waals surface area contributed by atoms with Crippen LogP contribution in [0.5, 0.6) is 0 Å². The molecule has 2 rings (SSSR count). The molecular formula is C15H24N4O. The predicted molar refractivity (Wildman–Crippen MR) is 80.9 cm³/mol. The highest BCUT2D eigenvalue weighted by Crippen LogP contribution is 2.21. The second-order valence-electron chi connectivity index (χ2n) is 5.88. The van der Waals surface area contributed by atoms with Crippen molar-refractivity contribution in [1.82, 2.24) is 9.80 Å². The summed E-state index contributed by atoms with van der Waals surface area (Å²) in [6.45, 7) is 5.50. The Bertz CT molecular complexity index is 469. The zero-order chi connectivity index (χ0) is 14.7. The number of hydrogen-bond acceptors (Lipinski definition) is 4. The van der Waals surface area contributed by atoms with E-state index < -0.39 is 0 Å². The van der Waals surface area contributed by atoms with Crippen LogP contribution in [-0.4, -0.2) is 54.1 Å². The van der Waals surface area contributed by atoms with Crippen LogP contribution in [0.2, 0.25) is 0 Å². The van der Waals surface area contributed by atoms with E-state index in [1.807, 2.05) is 24.3 Å². The van der Waals surface area contributed by atoms with Crippen molar-refractivity contribution in [3.05, 3.63) is 35.4 Å². The second kappa shape index (κ2) is 6.24. The van der Waals surface area contributed by atoms with Gasteiger partial charge in [0.1, 0.15) is 0 Å². The largest absolute Gasteiger partial charge is 0.409 e. The molecule has 1 fully saturated rings. The van der Waals surface area contributed by atoms with E-state index in [9.17, 15) is 0 Å². The first-order valence-corrected chi connectivity index (χ1v) is 6.97. The maximum atomic E-state index is 8.65. The summed E-state index contributed by atoms with van der Waals surface area (Å²) >= 11 is 0. The maximum Gasteiger partial charge on any atom is 0.170 e. The van der Waals surface area contributed by atoms with Crippen LogP contribution >= 0.6 is 0 Å². The molecular weight excluding hydrogens is 252 g/mol. The monoisotopic (exact) mass is 276 g/mol. The van der Waals surface area contributed by atoms with Crippen LogP contribution in [0.15, 0.2) is 29.4 Å². The Labute approximate surface area is 120 Å². The van der Waals surface area contributed by atoms with Gasteiger partial charge in [-0.2, -0.15) is 0 Å². The quantitative estimate of drug-likeness (QED) is 0.375. The molecule has 5 nitrogen and oxygen atoms in total. The normalized spacial score (nSPS) is 24.5. The van der Waals surface area contributed by atoms with Crippen LogP contribution < -0.4 is 5.73 Å². The topological polar surface area (TPSA) is 65.1 Å². The molecule has 0 aromatic heterocycles. The van der Waals surface area contributed by atoms with Gasteiger partial charge in [-0.05, 0) is 25.6 Å². The van der Waals surface area contributed by atoms with Gasteiger partial charge in [-0.3, -0.25) is 4.90 Å². The molecule has 5 heteroatoms. The molecule has 1 aliphatic rings. The van der Waals surface area contributed by atoms with E-state index in [0.717, 1.165) is 25.2 Å². The third kappa shape index (κ3) is 3.29. The first-order chi connectivity index (χ1) is 9.51. The highest BCUT2D eigenvalue weighted by atomic mass is 16.4. The number of nitrogens with two attached hydrogens (primary N) is 1. The van der Waals surface area contributed by atoms with Crippen molar-refractivity contribution < 1.29 is 5.21 Å².